The monoisotopic (exact) mass is 174 g/mol. The van der Waals surface area contributed by atoms with Gasteiger partial charge in [0.1, 0.15) is 5.75 Å². The van der Waals surface area contributed by atoms with Crippen molar-refractivity contribution in [2.75, 3.05) is 7.11 Å². The number of ether oxygens (including phenoxy) is 1. The number of fused-ring (bicyclic) bond motifs is 1. The minimum atomic E-state index is 0.501. The van der Waals surface area contributed by atoms with E-state index in [4.69, 9.17) is 14.4 Å². The van der Waals surface area contributed by atoms with Gasteiger partial charge in [-0.05, 0) is 0 Å². The van der Waals surface area contributed by atoms with Crippen LogP contribution in [0.25, 0.3) is 11.1 Å². The molecule has 1 aromatic heterocycles. The Morgan fingerprint density at radius 3 is 3.08 bits per heavy atom. The van der Waals surface area contributed by atoms with Gasteiger partial charge in [0.25, 0.3) is 0 Å². The molecule has 2 rings (SSSR count). The van der Waals surface area contributed by atoms with Crippen molar-refractivity contribution in [2.24, 2.45) is 0 Å². The van der Waals surface area contributed by atoms with Crippen LogP contribution in [0, 0.1) is 11.3 Å². The maximum absolute atomic E-state index is 8.69. The van der Waals surface area contributed by atoms with Crippen LogP contribution in [0.5, 0.6) is 5.75 Å². The molecule has 0 aliphatic rings. The summed E-state index contributed by atoms with van der Waals surface area (Å²) >= 11 is 0. The van der Waals surface area contributed by atoms with E-state index in [0.717, 1.165) is 0 Å². The molecule has 0 bridgehead atoms. The summed E-state index contributed by atoms with van der Waals surface area (Å²) in [5.41, 5.74) is 1.71. The van der Waals surface area contributed by atoms with Crippen LogP contribution in [0.1, 0.15) is 5.56 Å². The Morgan fingerprint density at radius 1 is 1.54 bits per heavy atom. The second kappa shape index (κ2) is 2.79. The van der Waals surface area contributed by atoms with Crippen molar-refractivity contribution >= 4 is 11.1 Å². The molecule has 0 unspecified atom stereocenters. The third kappa shape index (κ3) is 1.11. The number of hydrogen-bond donors (Lipinski definition) is 0. The van der Waals surface area contributed by atoms with Crippen molar-refractivity contribution in [3.05, 3.63) is 24.1 Å². The molecule has 1 heterocycles. The van der Waals surface area contributed by atoms with Crippen molar-refractivity contribution in [3.8, 4) is 11.8 Å². The van der Waals surface area contributed by atoms with Crippen LogP contribution in [0.2, 0.25) is 0 Å². The summed E-state index contributed by atoms with van der Waals surface area (Å²) in [5.74, 6) is 0.558. The van der Waals surface area contributed by atoms with Gasteiger partial charge in [-0.25, -0.2) is 4.98 Å². The zero-order chi connectivity index (χ0) is 9.26. The first-order valence-electron chi connectivity index (χ1n) is 3.66. The second-order valence-corrected chi connectivity index (χ2v) is 2.49. The van der Waals surface area contributed by atoms with Gasteiger partial charge in [-0.2, -0.15) is 5.26 Å². The molecule has 13 heavy (non-hydrogen) atoms. The van der Waals surface area contributed by atoms with Gasteiger partial charge in [-0.3, -0.25) is 0 Å². The molecule has 0 fully saturated rings. The lowest BCUT2D eigenvalue weighted by atomic mass is 10.2. The topological polar surface area (TPSA) is 59.0 Å². The summed E-state index contributed by atoms with van der Waals surface area (Å²) in [4.78, 5) is 3.96. The normalized spacial score (nSPS) is 9.85. The van der Waals surface area contributed by atoms with Crippen LogP contribution in [0.3, 0.4) is 0 Å². The fraction of sp³-hybridized carbons (Fsp3) is 0.111. The second-order valence-electron chi connectivity index (χ2n) is 2.49. The molecule has 2 aromatic rings. The van der Waals surface area contributed by atoms with Crippen LogP contribution in [-0.2, 0) is 0 Å². The van der Waals surface area contributed by atoms with E-state index in [2.05, 4.69) is 4.98 Å². The molecule has 0 aliphatic heterocycles. The van der Waals surface area contributed by atoms with Gasteiger partial charge in [0.2, 0.25) is 0 Å². The van der Waals surface area contributed by atoms with E-state index >= 15 is 0 Å². The maximum Gasteiger partial charge on any atom is 0.182 e. The smallest absolute Gasteiger partial charge is 0.182 e. The van der Waals surface area contributed by atoms with E-state index in [0.29, 0.717) is 22.4 Å². The minimum absolute atomic E-state index is 0.501. The summed E-state index contributed by atoms with van der Waals surface area (Å²) in [7, 11) is 1.53. The van der Waals surface area contributed by atoms with E-state index in [1.807, 2.05) is 6.07 Å². The Bertz CT molecular complexity index is 482. The summed E-state index contributed by atoms with van der Waals surface area (Å²) in [6, 6.07) is 5.28. The van der Waals surface area contributed by atoms with Gasteiger partial charge in [-0.15, -0.1) is 0 Å². The van der Waals surface area contributed by atoms with E-state index in [1.54, 1.807) is 12.1 Å². The first-order chi connectivity index (χ1) is 6.35. The van der Waals surface area contributed by atoms with E-state index in [9.17, 15) is 0 Å². The minimum Gasteiger partial charge on any atom is -0.494 e. The Balaban J connectivity index is 2.79. The summed E-state index contributed by atoms with van der Waals surface area (Å²) in [6.07, 6.45) is 1.33. The fourth-order valence-electron chi connectivity index (χ4n) is 1.16. The zero-order valence-corrected chi connectivity index (χ0v) is 6.94. The van der Waals surface area contributed by atoms with Crippen molar-refractivity contribution in [3.63, 3.8) is 0 Å². The molecule has 1 aromatic carbocycles. The molecule has 0 N–H and O–H groups in total. The molecule has 0 amide bonds. The molecule has 0 saturated carbocycles. The molecule has 4 heteroatoms. The van der Waals surface area contributed by atoms with Crippen molar-refractivity contribution in [1.29, 1.82) is 5.26 Å². The molecule has 0 saturated heterocycles. The molecule has 0 atom stereocenters. The number of rotatable bonds is 1. The highest BCUT2D eigenvalue weighted by atomic mass is 16.5. The quantitative estimate of drug-likeness (QED) is 0.660. The Labute approximate surface area is 74.4 Å². The Hall–Kier alpha value is -2.02. The van der Waals surface area contributed by atoms with Crippen molar-refractivity contribution in [1.82, 2.24) is 4.98 Å². The highest BCUT2D eigenvalue weighted by Gasteiger charge is 2.07. The van der Waals surface area contributed by atoms with Gasteiger partial charge in [0.15, 0.2) is 17.5 Å². The summed E-state index contributed by atoms with van der Waals surface area (Å²) in [5, 5.41) is 8.69. The van der Waals surface area contributed by atoms with Gasteiger partial charge in [-0.1, -0.05) is 0 Å². The van der Waals surface area contributed by atoms with Crippen LogP contribution in [0.15, 0.2) is 22.9 Å². The highest BCUT2D eigenvalue weighted by Crippen LogP contribution is 2.25. The molecule has 0 radical (unpaired) electrons. The molecule has 0 aliphatic carbocycles. The Kier molecular flexibility index (Phi) is 1.64. The first-order valence-corrected chi connectivity index (χ1v) is 3.66. The predicted octanol–water partition coefficient (Wildman–Crippen LogP) is 1.71. The van der Waals surface area contributed by atoms with Crippen molar-refractivity contribution < 1.29 is 9.15 Å². The van der Waals surface area contributed by atoms with Gasteiger partial charge in [0.05, 0.1) is 18.7 Å². The fourth-order valence-corrected chi connectivity index (χ4v) is 1.16. The lowest BCUT2D eigenvalue weighted by molar-refractivity contribution is 0.419. The van der Waals surface area contributed by atoms with Gasteiger partial charge >= 0.3 is 0 Å². The molecular weight excluding hydrogens is 168 g/mol. The average Bonchev–Trinajstić information content (AvgIpc) is 2.63. The number of nitriles is 1. The first kappa shape index (κ1) is 7.62. The molecule has 64 valence electrons. The van der Waals surface area contributed by atoms with Crippen molar-refractivity contribution in [2.45, 2.75) is 0 Å². The van der Waals surface area contributed by atoms with Crippen LogP contribution in [0.4, 0.5) is 0 Å². The number of nitrogens with zero attached hydrogens (tertiary/aromatic N) is 2. The van der Waals surface area contributed by atoms with Crippen LogP contribution >= 0.6 is 0 Å². The predicted molar refractivity (Wildman–Crippen MR) is 45.3 cm³/mol. The maximum atomic E-state index is 8.69. The third-order valence-corrected chi connectivity index (χ3v) is 1.75. The number of benzene rings is 1. The zero-order valence-electron chi connectivity index (χ0n) is 6.94. The number of hydrogen-bond acceptors (Lipinski definition) is 4. The largest absolute Gasteiger partial charge is 0.494 e. The highest BCUT2D eigenvalue weighted by molar-refractivity contribution is 5.81. The Morgan fingerprint density at radius 2 is 2.38 bits per heavy atom. The van der Waals surface area contributed by atoms with Crippen LogP contribution in [-0.4, -0.2) is 12.1 Å². The third-order valence-electron chi connectivity index (χ3n) is 1.75. The standard InChI is InChI=1S/C9H6N2O2/c1-12-7-2-6(4-10)3-8-9(7)11-5-13-8/h2-3,5H,1H3. The SMILES string of the molecule is COc1cc(C#N)cc2ocnc12. The molecular formula is C9H6N2O2. The van der Waals surface area contributed by atoms with E-state index in [1.165, 1.54) is 13.5 Å². The van der Waals surface area contributed by atoms with Gasteiger partial charge < -0.3 is 9.15 Å². The summed E-state index contributed by atoms with van der Waals surface area (Å²) < 4.78 is 10.1. The van der Waals surface area contributed by atoms with E-state index < -0.39 is 0 Å². The lowest BCUT2D eigenvalue weighted by Gasteiger charge is -1.99. The lowest BCUT2D eigenvalue weighted by Crippen LogP contribution is -1.85. The summed E-state index contributed by atoms with van der Waals surface area (Å²) in [6.45, 7) is 0. The average molecular weight is 174 g/mol. The molecule has 0 spiro atoms. The number of aromatic nitrogens is 1. The molecule has 4 nitrogen and oxygen atoms in total. The number of methoxy groups -OCH3 is 1. The van der Waals surface area contributed by atoms with Gasteiger partial charge in [0, 0.05) is 12.1 Å². The number of oxazole rings is 1. The van der Waals surface area contributed by atoms with Crippen LogP contribution < -0.4 is 4.74 Å². The van der Waals surface area contributed by atoms with E-state index in [-0.39, 0.29) is 0 Å².